The molecule has 1 aliphatic carbocycles. The first-order valence-electron chi connectivity index (χ1n) is 6.29. The molecule has 0 bridgehead atoms. The summed E-state index contributed by atoms with van der Waals surface area (Å²) in [5.74, 6) is -0.445. The fourth-order valence-electron chi connectivity index (χ4n) is 1.57. The average Bonchev–Trinajstić information content (AvgIpc) is 3.06. The van der Waals surface area contributed by atoms with Gasteiger partial charge in [0, 0.05) is 19.3 Å². The molecule has 0 saturated heterocycles. The third-order valence-corrected chi connectivity index (χ3v) is 4.22. The van der Waals surface area contributed by atoms with Gasteiger partial charge >= 0.3 is 5.97 Å². The molecule has 1 saturated carbocycles. The van der Waals surface area contributed by atoms with E-state index in [2.05, 4.69) is 9.82 Å². The number of carboxylic acid groups (broad SMARTS) is 1. The van der Waals surface area contributed by atoms with Crippen molar-refractivity contribution in [2.75, 3.05) is 19.8 Å². The molecule has 1 fully saturated rings. The Morgan fingerprint density at radius 3 is 2.95 bits per heavy atom. The number of nitrogens with zero attached hydrogens (tertiary/aromatic N) is 2. The van der Waals surface area contributed by atoms with Gasteiger partial charge in [-0.3, -0.25) is 9.48 Å². The van der Waals surface area contributed by atoms with Gasteiger partial charge in [-0.25, -0.2) is 13.1 Å². The van der Waals surface area contributed by atoms with Gasteiger partial charge in [0.25, 0.3) is 0 Å². The second-order valence-corrected chi connectivity index (χ2v) is 6.45. The van der Waals surface area contributed by atoms with Crippen LogP contribution >= 0.6 is 0 Å². The van der Waals surface area contributed by atoms with E-state index in [4.69, 9.17) is 9.84 Å². The number of aromatic nitrogens is 2. The third kappa shape index (κ3) is 4.58. The molecule has 1 aromatic rings. The van der Waals surface area contributed by atoms with Gasteiger partial charge in [-0.2, -0.15) is 5.10 Å². The molecule has 1 aromatic heterocycles. The Hall–Kier alpha value is -1.45. The number of ether oxygens (including phenoxy) is 1. The highest BCUT2D eigenvalue weighted by atomic mass is 32.2. The quantitative estimate of drug-likeness (QED) is 0.605. The van der Waals surface area contributed by atoms with E-state index in [-0.39, 0.29) is 18.0 Å². The number of nitrogens with one attached hydrogen (secondary N) is 1. The van der Waals surface area contributed by atoms with E-state index in [0.717, 1.165) is 10.9 Å². The van der Waals surface area contributed by atoms with Crippen LogP contribution in [0.4, 0.5) is 0 Å². The van der Waals surface area contributed by atoms with E-state index < -0.39 is 16.0 Å². The number of carbonyl (C=O) groups is 1. The van der Waals surface area contributed by atoms with Crippen LogP contribution in [-0.2, 0) is 26.1 Å². The van der Waals surface area contributed by atoms with Gasteiger partial charge in [0.2, 0.25) is 10.0 Å². The monoisotopic (exact) mass is 303 g/mol. The zero-order valence-electron chi connectivity index (χ0n) is 10.9. The maximum atomic E-state index is 11.9. The maximum absolute atomic E-state index is 11.9. The van der Waals surface area contributed by atoms with Gasteiger partial charge in [-0.15, -0.1) is 0 Å². The molecule has 0 spiro atoms. The summed E-state index contributed by atoms with van der Waals surface area (Å²) in [6.45, 7) is 0.802. The number of hydrogen-bond donors (Lipinski definition) is 2. The van der Waals surface area contributed by atoms with E-state index in [1.807, 2.05) is 0 Å². The van der Waals surface area contributed by atoms with Crippen molar-refractivity contribution < 1.29 is 23.1 Å². The highest BCUT2D eigenvalue weighted by Crippen LogP contribution is 2.28. The molecule has 0 unspecified atom stereocenters. The molecule has 0 atom stereocenters. The molecule has 9 heteroatoms. The van der Waals surface area contributed by atoms with Crippen LogP contribution in [-0.4, -0.2) is 49.0 Å². The Balaban J connectivity index is 1.78. The van der Waals surface area contributed by atoms with Crippen LogP contribution < -0.4 is 4.72 Å². The SMILES string of the molecule is O=C(O)Cn1cc(S(=O)(=O)NCCOCC2CC2)cn1. The van der Waals surface area contributed by atoms with Gasteiger partial charge in [0.05, 0.1) is 12.8 Å². The number of carboxylic acids is 1. The summed E-state index contributed by atoms with van der Waals surface area (Å²) in [7, 11) is -3.67. The van der Waals surface area contributed by atoms with Crippen LogP contribution in [0.5, 0.6) is 0 Å². The van der Waals surface area contributed by atoms with Crippen molar-refractivity contribution in [2.24, 2.45) is 5.92 Å². The first kappa shape index (κ1) is 14.9. The van der Waals surface area contributed by atoms with E-state index >= 15 is 0 Å². The van der Waals surface area contributed by atoms with Gasteiger partial charge in [-0.05, 0) is 18.8 Å². The summed E-state index contributed by atoms with van der Waals surface area (Å²) in [4.78, 5) is 10.4. The van der Waals surface area contributed by atoms with Gasteiger partial charge in [0.15, 0.2) is 0 Å². The summed E-state index contributed by atoms with van der Waals surface area (Å²) in [5, 5.41) is 12.3. The molecule has 20 heavy (non-hydrogen) atoms. The van der Waals surface area contributed by atoms with Crippen molar-refractivity contribution in [1.29, 1.82) is 0 Å². The lowest BCUT2D eigenvalue weighted by Crippen LogP contribution is -2.27. The number of sulfonamides is 1. The lowest BCUT2D eigenvalue weighted by Gasteiger charge is -2.05. The number of aliphatic carboxylic acids is 1. The fraction of sp³-hybridized carbons (Fsp3) is 0.636. The summed E-state index contributed by atoms with van der Waals surface area (Å²) in [6.07, 6.45) is 4.68. The Morgan fingerprint density at radius 2 is 2.30 bits per heavy atom. The van der Waals surface area contributed by atoms with E-state index in [0.29, 0.717) is 19.1 Å². The fourth-order valence-corrected chi connectivity index (χ4v) is 2.54. The van der Waals surface area contributed by atoms with Crippen molar-refractivity contribution in [2.45, 2.75) is 24.3 Å². The molecule has 0 aromatic carbocycles. The Bertz CT molecular complexity index is 564. The Labute approximate surface area is 116 Å². The summed E-state index contributed by atoms with van der Waals surface area (Å²) >= 11 is 0. The molecule has 2 N–H and O–H groups in total. The van der Waals surface area contributed by atoms with E-state index in [1.165, 1.54) is 19.0 Å². The maximum Gasteiger partial charge on any atom is 0.325 e. The highest BCUT2D eigenvalue weighted by molar-refractivity contribution is 7.89. The van der Waals surface area contributed by atoms with E-state index in [1.54, 1.807) is 0 Å². The second kappa shape index (κ2) is 6.33. The van der Waals surface area contributed by atoms with Gasteiger partial charge in [0.1, 0.15) is 11.4 Å². The van der Waals surface area contributed by atoms with Crippen molar-refractivity contribution in [3.05, 3.63) is 12.4 Å². The Morgan fingerprint density at radius 1 is 1.55 bits per heavy atom. The normalized spacial score (nSPS) is 15.4. The van der Waals surface area contributed by atoms with Crippen LogP contribution in [0.2, 0.25) is 0 Å². The van der Waals surface area contributed by atoms with Crippen LogP contribution in [0.1, 0.15) is 12.8 Å². The van der Waals surface area contributed by atoms with Crippen LogP contribution in [0.3, 0.4) is 0 Å². The zero-order valence-corrected chi connectivity index (χ0v) is 11.7. The molecular weight excluding hydrogens is 286 g/mol. The largest absolute Gasteiger partial charge is 0.480 e. The molecule has 2 rings (SSSR count). The van der Waals surface area contributed by atoms with Crippen molar-refractivity contribution in [1.82, 2.24) is 14.5 Å². The van der Waals surface area contributed by atoms with Crippen LogP contribution in [0.25, 0.3) is 0 Å². The topological polar surface area (TPSA) is 111 Å². The molecule has 1 aliphatic rings. The summed E-state index contributed by atoms with van der Waals surface area (Å²) in [6, 6.07) is 0. The zero-order chi connectivity index (χ0) is 14.6. The third-order valence-electron chi connectivity index (χ3n) is 2.81. The minimum Gasteiger partial charge on any atom is -0.480 e. The predicted octanol–water partition coefficient (Wildman–Crippen LogP) is -0.327. The molecule has 0 amide bonds. The molecule has 0 radical (unpaired) electrons. The first-order valence-corrected chi connectivity index (χ1v) is 7.77. The summed E-state index contributed by atoms with van der Waals surface area (Å²) in [5.41, 5.74) is 0. The predicted molar refractivity (Wildman–Crippen MR) is 68.6 cm³/mol. The number of hydrogen-bond acceptors (Lipinski definition) is 5. The van der Waals surface area contributed by atoms with Crippen molar-refractivity contribution in [3.63, 3.8) is 0 Å². The minimum absolute atomic E-state index is 0.0547. The minimum atomic E-state index is -3.67. The second-order valence-electron chi connectivity index (χ2n) is 4.68. The average molecular weight is 303 g/mol. The Kier molecular flexibility index (Phi) is 4.73. The van der Waals surface area contributed by atoms with Crippen molar-refractivity contribution >= 4 is 16.0 Å². The first-order chi connectivity index (χ1) is 9.47. The van der Waals surface area contributed by atoms with E-state index in [9.17, 15) is 13.2 Å². The van der Waals surface area contributed by atoms with Gasteiger partial charge in [-0.1, -0.05) is 0 Å². The molecule has 0 aliphatic heterocycles. The standard InChI is InChI=1S/C11H17N3O5S/c15-11(16)7-14-6-10(5-12-14)20(17,18)13-3-4-19-8-9-1-2-9/h5-6,9,13H,1-4,7-8H2,(H,15,16). The molecule has 112 valence electrons. The molecular formula is C11H17N3O5S. The highest BCUT2D eigenvalue weighted by Gasteiger charge is 2.21. The lowest BCUT2D eigenvalue weighted by atomic mass is 10.5. The van der Waals surface area contributed by atoms with Crippen LogP contribution in [0, 0.1) is 5.92 Å². The van der Waals surface area contributed by atoms with Crippen molar-refractivity contribution in [3.8, 4) is 0 Å². The van der Waals surface area contributed by atoms with Crippen LogP contribution in [0.15, 0.2) is 17.3 Å². The smallest absolute Gasteiger partial charge is 0.325 e. The van der Waals surface area contributed by atoms with Gasteiger partial charge < -0.3 is 9.84 Å². The molecule has 1 heterocycles. The summed E-state index contributed by atoms with van der Waals surface area (Å²) < 4.78 is 32.5. The molecule has 8 nitrogen and oxygen atoms in total. The number of rotatable bonds is 9. The lowest BCUT2D eigenvalue weighted by molar-refractivity contribution is -0.137.